The van der Waals surface area contributed by atoms with Gasteiger partial charge < -0.3 is 19.5 Å². The maximum atomic E-state index is 13.4. The summed E-state index contributed by atoms with van der Waals surface area (Å²) in [4.78, 5) is 15.2. The van der Waals surface area contributed by atoms with Gasteiger partial charge in [0.2, 0.25) is 0 Å². The van der Waals surface area contributed by atoms with Crippen LogP contribution in [-0.2, 0) is 14.3 Å². The number of hydrogen-bond acceptors (Lipinski definition) is 6. The average molecular weight is 419 g/mol. The summed E-state index contributed by atoms with van der Waals surface area (Å²) in [6.45, 7) is 1.62. The van der Waals surface area contributed by atoms with Crippen LogP contribution in [0, 0.1) is 0 Å². The molecule has 0 unspecified atom stereocenters. The quantitative estimate of drug-likeness (QED) is 0.828. The first-order valence-corrected chi connectivity index (χ1v) is 10.6. The highest BCUT2D eigenvalue weighted by molar-refractivity contribution is 5.95. The van der Waals surface area contributed by atoms with Gasteiger partial charge in [0.25, 0.3) is 5.91 Å². The lowest BCUT2D eigenvalue weighted by atomic mass is 9.79. The second-order valence-corrected chi connectivity index (χ2v) is 7.88. The van der Waals surface area contributed by atoms with Crippen LogP contribution >= 0.6 is 0 Å². The third-order valence-corrected chi connectivity index (χ3v) is 6.10. The molecule has 3 heterocycles. The van der Waals surface area contributed by atoms with E-state index in [4.69, 9.17) is 9.47 Å². The summed E-state index contributed by atoms with van der Waals surface area (Å²) in [6.07, 6.45) is 1.65. The van der Waals surface area contributed by atoms with Gasteiger partial charge in [0, 0.05) is 12.5 Å². The lowest BCUT2D eigenvalue weighted by Gasteiger charge is -2.51. The van der Waals surface area contributed by atoms with Gasteiger partial charge in [-0.2, -0.15) is 5.10 Å². The van der Waals surface area contributed by atoms with E-state index in [-0.39, 0.29) is 48.6 Å². The van der Waals surface area contributed by atoms with E-state index < -0.39 is 0 Å². The summed E-state index contributed by atoms with van der Waals surface area (Å²) in [5.41, 5.74) is 2.42. The predicted molar refractivity (Wildman–Crippen MR) is 116 cm³/mol. The fourth-order valence-electron chi connectivity index (χ4n) is 4.76. The Hall–Kier alpha value is -3.16. The van der Waals surface area contributed by atoms with E-state index in [1.807, 2.05) is 41.3 Å². The number of ether oxygens (including phenoxy) is 2. The van der Waals surface area contributed by atoms with Gasteiger partial charge in [-0.1, -0.05) is 60.7 Å². The summed E-state index contributed by atoms with van der Waals surface area (Å²) >= 11 is 0. The number of hydrazone groups is 1. The average Bonchev–Trinajstić information content (AvgIpc) is 2.81. The molecule has 7 nitrogen and oxygen atoms in total. The second-order valence-electron chi connectivity index (χ2n) is 7.88. The molecule has 0 saturated carbocycles. The SMILES string of the molecule is O=C1/C2=C(\O)COC/C=N\N2[C@H](C(c2ccccc2)c2ccccc2)[C@H]2COCCN12. The third kappa shape index (κ3) is 3.60. The highest BCUT2D eigenvalue weighted by atomic mass is 16.5. The number of hydrogen-bond donors (Lipinski definition) is 1. The van der Waals surface area contributed by atoms with E-state index in [1.165, 1.54) is 0 Å². The van der Waals surface area contributed by atoms with E-state index in [0.717, 1.165) is 11.1 Å². The standard InChI is InChI=1S/C24H25N3O4/c28-20-16-30-13-11-25-27-22(19-15-31-14-12-26(19)24(29)23(20)27)21(17-7-3-1-4-8-17)18-9-5-2-6-10-18/h1-11,19,21-22,28H,12-16H2/b23-20+,25-11-/t19-,22+/m1/s1. The topological polar surface area (TPSA) is 74.6 Å². The second kappa shape index (κ2) is 8.53. The summed E-state index contributed by atoms with van der Waals surface area (Å²) in [6, 6.07) is 20.0. The van der Waals surface area contributed by atoms with Crippen LogP contribution in [0.15, 0.2) is 77.2 Å². The molecule has 0 aromatic heterocycles. The molecule has 160 valence electrons. The van der Waals surface area contributed by atoms with Crippen molar-refractivity contribution in [1.29, 1.82) is 0 Å². The van der Waals surface area contributed by atoms with E-state index in [2.05, 4.69) is 29.4 Å². The maximum absolute atomic E-state index is 13.4. The van der Waals surface area contributed by atoms with E-state index >= 15 is 0 Å². The van der Waals surface area contributed by atoms with Crippen molar-refractivity contribution in [2.45, 2.75) is 18.0 Å². The normalized spacial score (nSPS) is 27.3. The van der Waals surface area contributed by atoms with Crippen LogP contribution in [-0.4, -0.2) is 72.2 Å². The number of rotatable bonds is 3. The maximum Gasteiger partial charge on any atom is 0.276 e. The van der Waals surface area contributed by atoms with Crippen LogP contribution in [0.4, 0.5) is 0 Å². The number of nitrogens with zero attached hydrogens (tertiary/aromatic N) is 3. The Labute approximate surface area is 181 Å². The van der Waals surface area contributed by atoms with Crippen LogP contribution in [0.1, 0.15) is 17.0 Å². The highest BCUT2D eigenvalue weighted by Gasteiger charge is 2.50. The number of benzene rings is 2. The third-order valence-electron chi connectivity index (χ3n) is 6.10. The van der Waals surface area contributed by atoms with Gasteiger partial charge in [0.05, 0.1) is 38.1 Å². The largest absolute Gasteiger partial charge is 0.507 e. The molecule has 2 saturated heterocycles. The first-order chi connectivity index (χ1) is 15.3. The van der Waals surface area contributed by atoms with Crippen LogP contribution in [0.3, 0.4) is 0 Å². The van der Waals surface area contributed by atoms with Crippen molar-refractivity contribution < 1.29 is 19.4 Å². The Morgan fingerprint density at radius 3 is 2.35 bits per heavy atom. The zero-order chi connectivity index (χ0) is 21.2. The van der Waals surface area contributed by atoms with Crippen molar-refractivity contribution in [3.05, 3.63) is 83.2 Å². The van der Waals surface area contributed by atoms with Crippen molar-refractivity contribution in [2.24, 2.45) is 5.10 Å². The van der Waals surface area contributed by atoms with Gasteiger partial charge in [-0.05, 0) is 11.1 Å². The minimum absolute atomic E-state index is 0.0212. The van der Waals surface area contributed by atoms with Gasteiger partial charge in [-0.25, -0.2) is 0 Å². The monoisotopic (exact) mass is 419 g/mol. The smallest absolute Gasteiger partial charge is 0.276 e. The molecule has 0 radical (unpaired) electrons. The fourth-order valence-corrected chi connectivity index (χ4v) is 4.76. The Balaban J connectivity index is 1.71. The summed E-state index contributed by atoms with van der Waals surface area (Å²) < 4.78 is 11.2. The Morgan fingerprint density at radius 1 is 1.00 bits per heavy atom. The molecular formula is C24H25N3O4. The molecule has 0 aliphatic carbocycles. The molecule has 2 atom stereocenters. The number of carbonyl (C=O) groups is 1. The molecule has 1 amide bonds. The van der Waals surface area contributed by atoms with Gasteiger partial charge in [0.1, 0.15) is 12.4 Å². The molecule has 0 bridgehead atoms. The van der Waals surface area contributed by atoms with Gasteiger partial charge >= 0.3 is 0 Å². The molecule has 2 aromatic carbocycles. The Morgan fingerprint density at radius 2 is 1.68 bits per heavy atom. The number of fused-ring (bicyclic) bond motifs is 2. The Bertz CT molecular complexity index is 953. The molecule has 3 aliphatic rings. The molecular weight excluding hydrogens is 394 g/mol. The number of carbonyl (C=O) groups excluding carboxylic acids is 1. The van der Waals surface area contributed by atoms with Crippen molar-refractivity contribution in [3.63, 3.8) is 0 Å². The zero-order valence-electron chi connectivity index (χ0n) is 17.1. The zero-order valence-corrected chi connectivity index (χ0v) is 17.1. The molecule has 31 heavy (non-hydrogen) atoms. The summed E-state index contributed by atoms with van der Waals surface area (Å²) in [5, 5.41) is 17.1. The Kier molecular flexibility index (Phi) is 5.44. The van der Waals surface area contributed by atoms with Crippen molar-refractivity contribution in [3.8, 4) is 0 Å². The highest BCUT2D eigenvalue weighted by Crippen LogP contribution is 2.40. The van der Waals surface area contributed by atoms with Crippen LogP contribution in [0.2, 0.25) is 0 Å². The molecule has 3 aliphatic heterocycles. The molecule has 7 heteroatoms. The number of aliphatic hydroxyl groups excluding tert-OH is 1. The van der Waals surface area contributed by atoms with Crippen LogP contribution in [0.25, 0.3) is 0 Å². The molecule has 2 aromatic rings. The molecule has 1 N–H and O–H groups in total. The lowest BCUT2D eigenvalue weighted by molar-refractivity contribution is -0.149. The first kappa shape index (κ1) is 19.8. The molecule has 2 fully saturated rings. The number of aliphatic hydroxyl groups is 1. The predicted octanol–water partition coefficient (Wildman–Crippen LogP) is 2.52. The first-order valence-electron chi connectivity index (χ1n) is 10.6. The van der Waals surface area contributed by atoms with Crippen molar-refractivity contribution in [1.82, 2.24) is 9.91 Å². The lowest BCUT2D eigenvalue weighted by Crippen LogP contribution is -2.65. The fraction of sp³-hybridized carbons (Fsp3) is 0.333. The molecule has 0 spiro atoms. The van der Waals surface area contributed by atoms with Crippen molar-refractivity contribution >= 4 is 12.1 Å². The van der Waals surface area contributed by atoms with Crippen molar-refractivity contribution in [2.75, 3.05) is 33.0 Å². The van der Waals surface area contributed by atoms with Crippen LogP contribution in [0.5, 0.6) is 0 Å². The van der Waals surface area contributed by atoms with E-state index in [1.54, 1.807) is 11.2 Å². The number of amides is 1. The van der Waals surface area contributed by atoms with Gasteiger partial charge in [0.15, 0.2) is 5.70 Å². The number of morpholine rings is 1. The van der Waals surface area contributed by atoms with E-state index in [0.29, 0.717) is 19.8 Å². The summed E-state index contributed by atoms with van der Waals surface area (Å²) in [5.74, 6) is -0.411. The molecule has 5 rings (SSSR count). The minimum Gasteiger partial charge on any atom is -0.507 e. The van der Waals surface area contributed by atoms with Gasteiger partial charge in [-0.3, -0.25) is 9.80 Å². The van der Waals surface area contributed by atoms with Gasteiger partial charge in [-0.15, -0.1) is 0 Å². The summed E-state index contributed by atoms with van der Waals surface area (Å²) in [7, 11) is 0. The minimum atomic E-state index is -0.255. The van der Waals surface area contributed by atoms with E-state index in [9.17, 15) is 9.90 Å². The van der Waals surface area contributed by atoms with Crippen LogP contribution < -0.4 is 0 Å². The number of piperazine rings is 1.